The molecule has 102 valence electrons. The minimum Gasteiger partial charge on any atom is -0.390 e. The van der Waals surface area contributed by atoms with Gasteiger partial charge in [0.15, 0.2) is 0 Å². The first-order valence-corrected chi connectivity index (χ1v) is 6.31. The topological polar surface area (TPSA) is 20.2 Å². The second kappa shape index (κ2) is 4.79. The predicted octanol–water partition coefficient (Wildman–Crippen LogP) is 4.30. The maximum atomic E-state index is 12.1. The lowest BCUT2D eigenvalue weighted by Crippen LogP contribution is -2.38. The average molecular weight is 252 g/mol. The molecule has 1 nitrogen and oxygen atoms in total. The van der Waals surface area contributed by atoms with Crippen LogP contribution in [-0.2, 0) is 0 Å². The summed E-state index contributed by atoms with van der Waals surface area (Å²) in [5, 5.41) is 10.1. The van der Waals surface area contributed by atoms with Gasteiger partial charge in [-0.2, -0.15) is 13.2 Å². The highest BCUT2D eigenvalue weighted by Crippen LogP contribution is 2.43. The Morgan fingerprint density at radius 2 is 1.59 bits per heavy atom. The van der Waals surface area contributed by atoms with E-state index in [1.807, 2.05) is 0 Å². The maximum Gasteiger partial charge on any atom is 0.389 e. The molecule has 1 fully saturated rings. The van der Waals surface area contributed by atoms with E-state index >= 15 is 0 Å². The SMILES string of the molecule is CC(C)(C)C1CCC(O)(CCC(F)(F)F)CC1. The van der Waals surface area contributed by atoms with Crippen LogP contribution in [0.1, 0.15) is 59.3 Å². The van der Waals surface area contributed by atoms with Crippen LogP contribution in [0.4, 0.5) is 13.2 Å². The fourth-order valence-corrected chi connectivity index (χ4v) is 2.65. The molecule has 1 saturated carbocycles. The number of rotatable bonds is 2. The van der Waals surface area contributed by atoms with Gasteiger partial charge < -0.3 is 5.11 Å². The molecule has 0 aromatic heterocycles. The molecule has 4 heteroatoms. The van der Waals surface area contributed by atoms with Crippen LogP contribution in [0.25, 0.3) is 0 Å². The molecule has 1 N–H and O–H groups in total. The van der Waals surface area contributed by atoms with E-state index in [0.29, 0.717) is 18.8 Å². The third kappa shape index (κ3) is 4.86. The molecule has 0 bridgehead atoms. The zero-order chi connectivity index (χ0) is 13.3. The van der Waals surface area contributed by atoms with Gasteiger partial charge >= 0.3 is 6.18 Å². The van der Waals surface area contributed by atoms with Crippen LogP contribution < -0.4 is 0 Å². The van der Waals surface area contributed by atoms with E-state index in [-0.39, 0.29) is 11.8 Å². The smallest absolute Gasteiger partial charge is 0.389 e. The van der Waals surface area contributed by atoms with Gasteiger partial charge in [-0.1, -0.05) is 20.8 Å². The Bertz CT molecular complexity index is 244. The Morgan fingerprint density at radius 3 is 1.94 bits per heavy atom. The Morgan fingerprint density at radius 1 is 1.12 bits per heavy atom. The summed E-state index contributed by atoms with van der Waals surface area (Å²) in [6.45, 7) is 6.45. The van der Waals surface area contributed by atoms with Gasteiger partial charge in [0.2, 0.25) is 0 Å². The number of halogens is 3. The second-order valence-electron chi connectivity index (χ2n) is 6.48. The van der Waals surface area contributed by atoms with Crippen molar-refractivity contribution in [2.45, 2.75) is 71.1 Å². The van der Waals surface area contributed by atoms with Crippen molar-refractivity contribution in [3.63, 3.8) is 0 Å². The molecule has 0 aromatic rings. The standard InChI is InChI=1S/C13H23F3O/c1-11(2,3)10-4-6-12(17,7-5-10)8-9-13(14,15)16/h10,17H,4-9H2,1-3H3. The maximum absolute atomic E-state index is 12.1. The molecular weight excluding hydrogens is 229 g/mol. The first-order chi connectivity index (χ1) is 7.52. The summed E-state index contributed by atoms with van der Waals surface area (Å²) in [5.41, 5.74) is -0.900. The first-order valence-electron chi connectivity index (χ1n) is 6.31. The van der Waals surface area contributed by atoms with E-state index in [0.717, 1.165) is 12.8 Å². The monoisotopic (exact) mass is 252 g/mol. The van der Waals surface area contributed by atoms with E-state index < -0.39 is 18.2 Å². The molecule has 0 radical (unpaired) electrons. The minimum absolute atomic E-state index is 0.145. The van der Waals surface area contributed by atoms with E-state index in [4.69, 9.17) is 0 Å². The van der Waals surface area contributed by atoms with Crippen molar-refractivity contribution in [3.05, 3.63) is 0 Å². The molecule has 0 aliphatic heterocycles. The number of hydrogen-bond donors (Lipinski definition) is 1. The molecular formula is C13H23F3O. The fourth-order valence-electron chi connectivity index (χ4n) is 2.65. The third-order valence-electron chi connectivity index (χ3n) is 4.01. The highest BCUT2D eigenvalue weighted by atomic mass is 19.4. The van der Waals surface area contributed by atoms with Gasteiger partial charge in [-0.25, -0.2) is 0 Å². The number of alkyl halides is 3. The molecule has 0 unspecified atom stereocenters. The summed E-state index contributed by atoms with van der Waals surface area (Å²) in [6, 6.07) is 0. The van der Waals surface area contributed by atoms with Crippen molar-refractivity contribution in [2.24, 2.45) is 11.3 Å². The van der Waals surface area contributed by atoms with E-state index in [2.05, 4.69) is 20.8 Å². The van der Waals surface area contributed by atoms with Crippen molar-refractivity contribution < 1.29 is 18.3 Å². The predicted molar refractivity (Wildman–Crippen MR) is 61.7 cm³/mol. The van der Waals surface area contributed by atoms with Gasteiger partial charge in [0, 0.05) is 6.42 Å². The van der Waals surface area contributed by atoms with Crippen LogP contribution in [-0.4, -0.2) is 16.9 Å². The summed E-state index contributed by atoms with van der Waals surface area (Å²) in [4.78, 5) is 0. The molecule has 17 heavy (non-hydrogen) atoms. The van der Waals surface area contributed by atoms with Crippen molar-refractivity contribution in [1.29, 1.82) is 0 Å². The van der Waals surface area contributed by atoms with Gasteiger partial charge in [-0.05, 0) is 43.4 Å². The van der Waals surface area contributed by atoms with E-state index in [1.54, 1.807) is 0 Å². The van der Waals surface area contributed by atoms with Crippen molar-refractivity contribution in [3.8, 4) is 0 Å². The number of hydrogen-bond acceptors (Lipinski definition) is 1. The van der Waals surface area contributed by atoms with Crippen LogP contribution in [0.3, 0.4) is 0 Å². The zero-order valence-electron chi connectivity index (χ0n) is 10.9. The van der Waals surface area contributed by atoms with Gasteiger partial charge in [0.1, 0.15) is 0 Å². The van der Waals surface area contributed by atoms with Crippen LogP contribution in [0.15, 0.2) is 0 Å². The molecule has 1 aliphatic rings. The molecule has 0 amide bonds. The lowest BCUT2D eigenvalue weighted by molar-refractivity contribution is -0.151. The van der Waals surface area contributed by atoms with Gasteiger partial charge in [-0.15, -0.1) is 0 Å². The van der Waals surface area contributed by atoms with Crippen molar-refractivity contribution in [2.75, 3.05) is 0 Å². The molecule has 0 saturated heterocycles. The summed E-state index contributed by atoms with van der Waals surface area (Å²) < 4.78 is 36.4. The summed E-state index contributed by atoms with van der Waals surface area (Å²) in [6.07, 6.45) is -2.50. The molecule has 0 aromatic carbocycles. The molecule has 0 atom stereocenters. The van der Waals surface area contributed by atoms with E-state index in [1.165, 1.54) is 0 Å². The van der Waals surface area contributed by atoms with Gasteiger partial charge in [0.05, 0.1) is 5.60 Å². The van der Waals surface area contributed by atoms with Crippen LogP contribution >= 0.6 is 0 Å². The lowest BCUT2D eigenvalue weighted by atomic mass is 9.67. The van der Waals surface area contributed by atoms with Crippen LogP contribution in [0, 0.1) is 11.3 Å². The second-order valence-corrected chi connectivity index (χ2v) is 6.48. The highest BCUT2D eigenvalue weighted by molar-refractivity contribution is 4.89. The van der Waals surface area contributed by atoms with Crippen LogP contribution in [0.2, 0.25) is 0 Å². The fraction of sp³-hybridized carbons (Fsp3) is 1.00. The summed E-state index contributed by atoms with van der Waals surface area (Å²) in [7, 11) is 0. The number of aliphatic hydroxyl groups is 1. The first kappa shape index (κ1) is 14.8. The largest absolute Gasteiger partial charge is 0.390 e. The summed E-state index contributed by atoms with van der Waals surface area (Å²) >= 11 is 0. The molecule has 0 heterocycles. The average Bonchev–Trinajstić information content (AvgIpc) is 2.13. The minimum atomic E-state index is -4.16. The molecule has 1 aliphatic carbocycles. The van der Waals surface area contributed by atoms with Gasteiger partial charge in [0.25, 0.3) is 0 Å². The van der Waals surface area contributed by atoms with Crippen molar-refractivity contribution >= 4 is 0 Å². The lowest BCUT2D eigenvalue weighted by Gasteiger charge is -2.41. The van der Waals surface area contributed by atoms with E-state index in [9.17, 15) is 18.3 Å². The normalized spacial score (nSPS) is 31.6. The highest BCUT2D eigenvalue weighted by Gasteiger charge is 2.39. The Balaban J connectivity index is 2.44. The molecule has 0 spiro atoms. The summed E-state index contributed by atoms with van der Waals surface area (Å²) in [5.74, 6) is 0.508. The third-order valence-corrected chi connectivity index (χ3v) is 4.01. The van der Waals surface area contributed by atoms with Crippen LogP contribution in [0.5, 0.6) is 0 Å². The Hall–Kier alpha value is -0.250. The van der Waals surface area contributed by atoms with Gasteiger partial charge in [-0.3, -0.25) is 0 Å². The van der Waals surface area contributed by atoms with Crippen molar-refractivity contribution in [1.82, 2.24) is 0 Å². The quantitative estimate of drug-likeness (QED) is 0.777. The zero-order valence-corrected chi connectivity index (χ0v) is 10.9. The molecule has 1 rings (SSSR count). The Kier molecular flexibility index (Phi) is 4.17. The Labute approximate surface area is 101 Å².